The van der Waals surface area contributed by atoms with Gasteiger partial charge in [0.15, 0.2) is 0 Å². The van der Waals surface area contributed by atoms with Crippen molar-refractivity contribution in [2.45, 2.75) is 19.4 Å². The predicted octanol–water partition coefficient (Wildman–Crippen LogP) is 0.127. The lowest BCUT2D eigenvalue weighted by molar-refractivity contribution is 0.122. The molecular formula is C13H22N6O2. The standard InChI is InChI=1S/C13H22N6O2/c1-9(10-2-5-21-8-10)15-12-16-11(14)17-13(18-12)19-3-6-20-7-4-19/h9-10H,2-8H2,1H3,(H3,14,15,16,17,18). The fraction of sp³-hybridized carbons (Fsp3) is 0.769. The molecule has 0 radical (unpaired) electrons. The molecular weight excluding hydrogens is 272 g/mol. The minimum Gasteiger partial charge on any atom is -0.381 e. The monoisotopic (exact) mass is 294 g/mol. The molecule has 3 rings (SSSR count). The summed E-state index contributed by atoms with van der Waals surface area (Å²) >= 11 is 0. The Labute approximate surface area is 124 Å². The van der Waals surface area contributed by atoms with Crippen LogP contribution >= 0.6 is 0 Å². The summed E-state index contributed by atoms with van der Waals surface area (Å²) in [6.07, 6.45) is 1.06. The van der Waals surface area contributed by atoms with E-state index in [0.717, 1.165) is 32.7 Å². The number of nitrogens with two attached hydrogens (primary N) is 1. The Morgan fingerprint density at radius 2 is 2.00 bits per heavy atom. The van der Waals surface area contributed by atoms with E-state index in [-0.39, 0.29) is 12.0 Å². The summed E-state index contributed by atoms with van der Waals surface area (Å²) in [5, 5.41) is 3.32. The fourth-order valence-electron chi connectivity index (χ4n) is 2.62. The van der Waals surface area contributed by atoms with E-state index in [4.69, 9.17) is 15.2 Å². The van der Waals surface area contributed by atoms with Crippen LogP contribution in [0.3, 0.4) is 0 Å². The Morgan fingerprint density at radius 1 is 1.19 bits per heavy atom. The van der Waals surface area contributed by atoms with Gasteiger partial charge >= 0.3 is 0 Å². The van der Waals surface area contributed by atoms with Gasteiger partial charge in [-0.25, -0.2) is 0 Å². The molecule has 2 fully saturated rings. The highest BCUT2D eigenvalue weighted by Gasteiger charge is 2.23. The minimum atomic E-state index is 0.240. The summed E-state index contributed by atoms with van der Waals surface area (Å²) in [5.74, 6) is 1.87. The second kappa shape index (κ2) is 6.40. The van der Waals surface area contributed by atoms with Gasteiger partial charge in [0, 0.05) is 31.7 Å². The highest BCUT2D eigenvalue weighted by Crippen LogP contribution is 2.20. The molecule has 3 heterocycles. The highest BCUT2D eigenvalue weighted by molar-refractivity contribution is 5.42. The third kappa shape index (κ3) is 3.51. The van der Waals surface area contributed by atoms with Crippen LogP contribution in [0.5, 0.6) is 0 Å². The molecule has 0 amide bonds. The van der Waals surface area contributed by atoms with Crippen molar-refractivity contribution in [3.63, 3.8) is 0 Å². The summed E-state index contributed by atoms with van der Waals surface area (Å²) < 4.78 is 10.8. The third-order valence-electron chi connectivity index (χ3n) is 3.96. The normalized spacial score (nSPS) is 24.0. The summed E-state index contributed by atoms with van der Waals surface area (Å²) in [7, 11) is 0. The molecule has 2 aliphatic heterocycles. The second-order valence-electron chi connectivity index (χ2n) is 5.47. The van der Waals surface area contributed by atoms with Crippen molar-refractivity contribution in [3.8, 4) is 0 Å². The molecule has 8 heteroatoms. The Morgan fingerprint density at radius 3 is 2.71 bits per heavy atom. The van der Waals surface area contributed by atoms with E-state index in [1.54, 1.807) is 0 Å². The smallest absolute Gasteiger partial charge is 0.232 e. The van der Waals surface area contributed by atoms with Crippen molar-refractivity contribution >= 4 is 17.8 Å². The van der Waals surface area contributed by atoms with Crippen molar-refractivity contribution < 1.29 is 9.47 Å². The number of rotatable bonds is 4. The molecule has 2 aliphatic rings. The van der Waals surface area contributed by atoms with Gasteiger partial charge in [-0.05, 0) is 13.3 Å². The third-order valence-corrected chi connectivity index (χ3v) is 3.96. The van der Waals surface area contributed by atoms with Crippen LogP contribution in [0.25, 0.3) is 0 Å². The molecule has 0 bridgehead atoms. The molecule has 1 aromatic heterocycles. The van der Waals surface area contributed by atoms with Crippen molar-refractivity contribution in [1.82, 2.24) is 15.0 Å². The zero-order valence-corrected chi connectivity index (χ0v) is 12.3. The van der Waals surface area contributed by atoms with Crippen LogP contribution in [0.2, 0.25) is 0 Å². The average Bonchev–Trinajstić information content (AvgIpc) is 3.02. The number of nitrogens with one attached hydrogen (secondary N) is 1. The van der Waals surface area contributed by atoms with Crippen molar-refractivity contribution in [3.05, 3.63) is 0 Å². The molecule has 116 valence electrons. The number of morpholine rings is 1. The second-order valence-corrected chi connectivity index (χ2v) is 5.47. The highest BCUT2D eigenvalue weighted by atomic mass is 16.5. The molecule has 3 N–H and O–H groups in total. The molecule has 2 saturated heterocycles. The van der Waals surface area contributed by atoms with Crippen LogP contribution < -0.4 is 16.0 Å². The van der Waals surface area contributed by atoms with Gasteiger partial charge < -0.3 is 25.4 Å². The number of nitrogen functional groups attached to an aromatic ring is 1. The molecule has 21 heavy (non-hydrogen) atoms. The van der Waals surface area contributed by atoms with Crippen LogP contribution in [0.15, 0.2) is 0 Å². The van der Waals surface area contributed by atoms with Crippen LogP contribution in [-0.4, -0.2) is 60.5 Å². The molecule has 0 saturated carbocycles. The average molecular weight is 294 g/mol. The molecule has 2 atom stereocenters. The minimum absolute atomic E-state index is 0.240. The number of aromatic nitrogens is 3. The first kappa shape index (κ1) is 14.3. The van der Waals surface area contributed by atoms with Gasteiger partial charge in [-0.2, -0.15) is 15.0 Å². The molecule has 2 unspecified atom stereocenters. The van der Waals surface area contributed by atoms with Crippen molar-refractivity contribution in [2.75, 3.05) is 55.5 Å². The molecule has 1 aromatic rings. The maximum atomic E-state index is 5.81. The lowest BCUT2D eigenvalue weighted by atomic mass is 10.0. The zero-order valence-electron chi connectivity index (χ0n) is 12.3. The van der Waals surface area contributed by atoms with Crippen LogP contribution in [0.1, 0.15) is 13.3 Å². The van der Waals surface area contributed by atoms with Gasteiger partial charge in [0.1, 0.15) is 0 Å². The van der Waals surface area contributed by atoms with Gasteiger partial charge in [-0.15, -0.1) is 0 Å². The van der Waals surface area contributed by atoms with E-state index in [1.807, 2.05) is 0 Å². The number of anilines is 3. The number of nitrogens with zero attached hydrogens (tertiary/aromatic N) is 4. The quantitative estimate of drug-likeness (QED) is 0.808. The fourth-order valence-corrected chi connectivity index (χ4v) is 2.62. The Hall–Kier alpha value is -1.67. The first-order valence-electron chi connectivity index (χ1n) is 7.41. The maximum absolute atomic E-state index is 5.81. The predicted molar refractivity (Wildman–Crippen MR) is 79.3 cm³/mol. The maximum Gasteiger partial charge on any atom is 0.232 e. The molecule has 0 aromatic carbocycles. The van der Waals surface area contributed by atoms with Gasteiger partial charge in [-0.3, -0.25) is 0 Å². The van der Waals surface area contributed by atoms with E-state index in [1.165, 1.54) is 0 Å². The van der Waals surface area contributed by atoms with Crippen molar-refractivity contribution in [2.24, 2.45) is 5.92 Å². The summed E-state index contributed by atoms with van der Waals surface area (Å²) in [4.78, 5) is 15.0. The number of hydrogen-bond donors (Lipinski definition) is 2. The first-order valence-corrected chi connectivity index (χ1v) is 7.41. The first-order chi connectivity index (χ1) is 10.2. The SMILES string of the molecule is CC(Nc1nc(N)nc(N2CCOCC2)n1)C1CCOC1. The van der Waals surface area contributed by atoms with E-state index < -0.39 is 0 Å². The topological polar surface area (TPSA) is 98.4 Å². The van der Waals surface area contributed by atoms with E-state index in [9.17, 15) is 0 Å². The summed E-state index contributed by atoms with van der Waals surface area (Å²) in [5.41, 5.74) is 5.81. The van der Waals surface area contributed by atoms with E-state index >= 15 is 0 Å². The van der Waals surface area contributed by atoms with Gasteiger partial charge in [-0.1, -0.05) is 0 Å². The van der Waals surface area contributed by atoms with Crippen molar-refractivity contribution in [1.29, 1.82) is 0 Å². The van der Waals surface area contributed by atoms with Crippen LogP contribution in [0, 0.1) is 5.92 Å². The Bertz CT molecular complexity index is 474. The largest absolute Gasteiger partial charge is 0.381 e. The summed E-state index contributed by atoms with van der Waals surface area (Å²) in [6, 6.07) is 0.242. The van der Waals surface area contributed by atoms with Gasteiger partial charge in [0.05, 0.1) is 19.8 Å². The summed E-state index contributed by atoms with van der Waals surface area (Å²) in [6.45, 7) is 6.64. The van der Waals surface area contributed by atoms with Gasteiger partial charge in [0.25, 0.3) is 0 Å². The lowest BCUT2D eigenvalue weighted by Crippen LogP contribution is -2.38. The molecule has 8 nitrogen and oxygen atoms in total. The Balaban J connectivity index is 1.70. The van der Waals surface area contributed by atoms with E-state index in [2.05, 4.69) is 32.1 Å². The van der Waals surface area contributed by atoms with Crippen LogP contribution in [-0.2, 0) is 9.47 Å². The van der Waals surface area contributed by atoms with Crippen LogP contribution in [0.4, 0.5) is 17.8 Å². The molecule has 0 spiro atoms. The number of hydrogen-bond acceptors (Lipinski definition) is 8. The van der Waals surface area contributed by atoms with E-state index in [0.29, 0.717) is 31.0 Å². The Kier molecular flexibility index (Phi) is 4.35. The number of ether oxygens (including phenoxy) is 2. The molecule has 0 aliphatic carbocycles. The zero-order chi connectivity index (χ0) is 14.7. The lowest BCUT2D eigenvalue weighted by Gasteiger charge is -2.27. The van der Waals surface area contributed by atoms with Gasteiger partial charge in [0.2, 0.25) is 17.8 Å².